The smallest absolute Gasteiger partial charge is 0.315 e. The average Bonchev–Trinajstić information content (AvgIpc) is 2.95. The van der Waals surface area contributed by atoms with Crippen LogP contribution in [0.15, 0.2) is 0 Å². The molecule has 2 fully saturated rings. The molecular formula is C14H24N2O3. The lowest BCUT2D eigenvalue weighted by Crippen LogP contribution is -2.43. The molecule has 0 aromatic carbocycles. The second kappa shape index (κ2) is 6.26. The molecule has 3 N–H and O–H groups in total. The van der Waals surface area contributed by atoms with Crippen LogP contribution in [0.1, 0.15) is 45.4 Å². The van der Waals surface area contributed by atoms with Crippen molar-refractivity contribution in [1.82, 2.24) is 10.6 Å². The first-order chi connectivity index (χ1) is 9.06. The van der Waals surface area contributed by atoms with Crippen LogP contribution in [0.4, 0.5) is 4.79 Å². The van der Waals surface area contributed by atoms with Gasteiger partial charge in [0, 0.05) is 12.6 Å². The maximum atomic E-state index is 11.8. The Morgan fingerprint density at radius 3 is 2.63 bits per heavy atom. The summed E-state index contributed by atoms with van der Waals surface area (Å²) in [5, 5.41) is 14.9. The molecule has 0 aliphatic heterocycles. The first-order valence-corrected chi connectivity index (χ1v) is 7.33. The average molecular weight is 268 g/mol. The SMILES string of the molecule is CC1CCC(NC(=O)NCC2CCCC2C(=O)O)C1. The molecule has 5 nitrogen and oxygen atoms in total. The second-order valence-electron chi connectivity index (χ2n) is 6.11. The second-order valence-corrected chi connectivity index (χ2v) is 6.11. The van der Waals surface area contributed by atoms with Crippen molar-refractivity contribution in [3.8, 4) is 0 Å². The summed E-state index contributed by atoms with van der Waals surface area (Å²) in [6.07, 6.45) is 5.87. The minimum Gasteiger partial charge on any atom is -0.481 e. The van der Waals surface area contributed by atoms with Gasteiger partial charge in [-0.2, -0.15) is 0 Å². The standard InChI is InChI=1S/C14H24N2O3/c1-9-5-6-11(7-9)16-14(19)15-8-10-3-2-4-12(10)13(17)18/h9-12H,2-8H2,1H3,(H,17,18)(H2,15,16,19). The van der Waals surface area contributed by atoms with Gasteiger partial charge in [-0.15, -0.1) is 0 Å². The predicted molar refractivity (Wildman–Crippen MR) is 71.8 cm³/mol. The number of rotatable bonds is 4. The van der Waals surface area contributed by atoms with Crippen molar-refractivity contribution in [2.45, 2.75) is 51.5 Å². The molecule has 2 saturated carbocycles. The fourth-order valence-electron chi connectivity index (χ4n) is 3.40. The summed E-state index contributed by atoms with van der Waals surface area (Å²) in [4.78, 5) is 22.8. The summed E-state index contributed by atoms with van der Waals surface area (Å²) in [6.45, 7) is 2.68. The van der Waals surface area contributed by atoms with Crippen molar-refractivity contribution < 1.29 is 14.7 Å². The molecule has 0 saturated heterocycles. The minimum atomic E-state index is -0.727. The van der Waals surface area contributed by atoms with E-state index in [0.717, 1.165) is 32.1 Å². The molecule has 4 unspecified atom stereocenters. The zero-order valence-electron chi connectivity index (χ0n) is 11.5. The van der Waals surface area contributed by atoms with Crippen LogP contribution in [0.2, 0.25) is 0 Å². The first kappa shape index (κ1) is 14.2. The topological polar surface area (TPSA) is 78.4 Å². The number of carboxylic acids is 1. The third kappa shape index (κ3) is 3.85. The normalized spacial score (nSPS) is 34.2. The van der Waals surface area contributed by atoms with Crippen molar-refractivity contribution >= 4 is 12.0 Å². The Morgan fingerprint density at radius 2 is 2.00 bits per heavy atom. The van der Waals surface area contributed by atoms with E-state index in [1.807, 2.05) is 0 Å². The molecule has 2 rings (SSSR count). The molecule has 0 aromatic heterocycles. The Morgan fingerprint density at radius 1 is 1.21 bits per heavy atom. The van der Waals surface area contributed by atoms with E-state index in [1.54, 1.807) is 0 Å². The molecule has 0 bridgehead atoms. The van der Waals surface area contributed by atoms with Crippen LogP contribution >= 0.6 is 0 Å². The highest BCUT2D eigenvalue weighted by Crippen LogP contribution is 2.31. The van der Waals surface area contributed by atoms with Gasteiger partial charge < -0.3 is 15.7 Å². The number of aliphatic carboxylic acids is 1. The van der Waals surface area contributed by atoms with Crippen LogP contribution in [0.25, 0.3) is 0 Å². The van der Waals surface area contributed by atoms with Gasteiger partial charge in [0.15, 0.2) is 0 Å². The van der Waals surface area contributed by atoms with E-state index in [4.69, 9.17) is 5.11 Å². The Kier molecular flexibility index (Phi) is 4.66. The van der Waals surface area contributed by atoms with Gasteiger partial charge >= 0.3 is 12.0 Å². The quantitative estimate of drug-likeness (QED) is 0.729. The fourth-order valence-corrected chi connectivity index (χ4v) is 3.40. The van der Waals surface area contributed by atoms with E-state index in [-0.39, 0.29) is 23.9 Å². The molecule has 0 radical (unpaired) electrons. The van der Waals surface area contributed by atoms with Crippen molar-refractivity contribution in [1.29, 1.82) is 0 Å². The van der Waals surface area contributed by atoms with E-state index in [0.29, 0.717) is 12.5 Å². The van der Waals surface area contributed by atoms with E-state index in [2.05, 4.69) is 17.6 Å². The number of carbonyl (C=O) groups is 2. The van der Waals surface area contributed by atoms with Crippen molar-refractivity contribution in [3.05, 3.63) is 0 Å². The van der Waals surface area contributed by atoms with E-state index in [1.165, 1.54) is 6.42 Å². The van der Waals surface area contributed by atoms with Gasteiger partial charge in [0.25, 0.3) is 0 Å². The highest BCUT2D eigenvalue weighted by molar-refractivity contribution is 5.74. The Hall–Kier alpha value is -1.26. The molecule has 19 heavy (non-hydrogen) atoms. The van der Waals surface area contributed by atoms with Gasteiger partial charge in [-0.3, -0.25) is 4.79 Å². The Balaban J connectivity index is 1.70. The molecule has 0 aromatic rings. The van der Waals surface area contributed by atoms with Crippen LogP contribution < -0.4 is 10.6 Å². The Labute approximate surface area is 114 Å². The lowest BCUT2D eigenvalue weighted by molar-refractivity contribution is -0.142. The molecule has 4 atom stereocenters. The number of hydrogen-bond donors (Lipinski definition) is 3. The first-order valence-electron chi connectivity index (χ1n) is 7.33. The largest absolute Gasteiger partial charge is 0.481 e. The lowest BCUT2D eigenvalue weighted by Gasteiger charge is -2.18. The summed E-state index contributed by atoms with van der Waals surface area (Å²) in [5.74, 6) is -0.233. The third-order valence-corrected chi connectivity index (χ3v) is 4.53. The molecule has 0 heterocycles. The molecule has 2 aliphatic carbocycles. The van der Waals surface area contributed by atoms with Gasteiger partial charge in [-0.25, -0.2) is 4.79 Å². The highest BCUT2D eigenvalue weighted by Gasteiger charge is 2.33. The third-order valence-electron chi connectivity index (χ3n) is 4.53. The zero-order chi connectivity index (χ0) is 13.8. The van der Waals surface area contributed by atoms with E-state index in [9.17, 15) is 9.59 Å². The lowest BCUT2D eigenvalue weighted by atomic mass is 9.96. The van der Waals surface area contributed by atoms with E-state index >= 15 is 0 Å². The number of amides is 2. The molecule has 0 spiro atoms. The fraction of sp³-hybridized carbons (Fsp3) is 0.857. The number of urea groups is 1. The maximum absolute atomic E-state index is 11.8. The van der Waals surface area contributed by atoms with Crippen LogP contribution in [0, 0.1) is 17.8 Å². The summed E-state index contributed by atoms with van der Waals surface area (Å²) in [7, 11) is 0. The Bertz CT molecular complexity index is 346. The van der Waals surface area contributed by atoms with Gasteiger partial charge in [-0.05, 0) is 43.9 Å². The van der Waals surface area contributed by atoms with Gasteiger partial charge in [-0.1, -0.05) is 13.3 Å². The van der Waals surface area contributed by atoms with Crippen molar-refractivity contribution in [2.75, 3.05) is 6.54 Å². The van der Waals surface area contributed by atoms with Gasteiger partial charge in [0.1, 0.15) is 0 Å². The molecule has 2 amide bonds. The number of hydrogen-bond acceptors (Lipinski definition) is 2. The van der Waals surface area contributed by atoms with Crippen LogP contribution in [0.5, 0.6) is 0 Å². The van der Waals surface area contributed by atoms with Crippen LogP contribution in [-0.2, 0) is 4.79 Å². The summed E-state index contributed by atoms with van der Waals surface area (Å²) in [6, 6.07) is 0.143. The van der Waals surface area contributed by atoms with Gasteiger partial charge in [0.05, 0.1) is 5.92 Å². The highest BCUT2D eigenvalue weighted by atomic mass is 16.4. The molecule has 5 heteroatoms. The zero-order valence-corrected chi connectivity index (χ0v) is 11.5. The summed E-state index contributed by atoms with van der Waals surface area (Å²) < 4.78 is 0. The number of nitrogens with one attached hydrogen (secondary N) is 2. The molecular weight excluding hydrogens is 244 g/mol. The maximum Gasteiger partial charge on any atom is 0.315 e. The number of carboxylic acid groups (broad SMARTS) is 1. The van der Waals surface area contributed by atoms with Crippen molar-refractivity contribution in [3.63, 3.8) is 0 Å². The van der Waals surface area contributed by atoms with E-state index < -0.39 is 5.97 Å². The van der Waals surface area contributed by atoms with Crippen molar-refractivity contribution in [2.24, 2.45) is 17.8 Å². The minimum absolute atomic E-state index is 0.0887. The number of carbonyl (C=O) groups excluding carboxylic acids is 1. The molecule has 2 aliphatic rings. The van der Waals surface area contributed by atoms with Gasteiger partial charge in [0.2, 0.25) is 0 Å². The van der Waals surface area contributed by atoms with Crippen LogP contribution in [0.3, 0.4) is 0 Å². The summed E-state index contributed by atoms with van der Waals surface area (Å²) in [5.41, 5.74) is 0. The van der Waals surface area contributed by atoms with Crippen LogP contribution in [-0.4, -0.2) is 29.7 Å². The summed E-state index contributed by atoms with van der Waals surface area (Å²) >= 11 is 0. The predicted octanol–water partition coefficient (Wildman–Crippen LogP) is 1.98. The monoisotopic (exact) mass is 268 g/mol. The molecule has 108 valence electrons.